The maximum absolute atomic E-state index is 11.5. The predicted molar refractivity (Wildman–Crippen MR) is 58.7 cm³/mol. The molecule has 1 aromatic carbocycles. The predicted octanol–water partition coefficient (Wildman–Crippen LogP) is 0.383. The quantitative estimate of drug-likeness (QED) is 0.439. The van der Waals surface area contributed by atoms with E-state index in [0.29, 0.717) is 0 Å². The van der Waals surface area contributed by atoms with Crippen LogP contribution in [-0.4, -0.2) is 29.9 Å². The Morgan fingerprint density at radius 1 is 1.50 bits per heavy atom. The third-order valence-electron chi connectivity index (χ3n) is 1.81. The molecular weight excluding hydrogens is 212 g/mol. The van der Waals surface area contributed by atoms with E-state index in [4.69, 9.17) is 5.73 Å². The molecule has 1 rings (SSSR count). The number of rotatable bonds is 3. The number of anilines is 1. The number of nitrogens with one attached hydrogen (secondary N) is 1. The second kappa shape index (κ2) is 4.58. The molecule has 0 unspecified atom stereocenters. The Kier molecular flexibility index (Phi) is 3.41. The fourth-order valence-corrected chi connectivity index (χ4v) is 1.11. The van der Waals surface area contributed by atoms with Crippen molar-refractivity contribution in [1.82, 2.24) is 10.4 Å². The van der Waals surface area contributed by atoms with Gasteiger partial charge in [-0.1, -0.05) is 0 Å². The van der Waals surface area contributed by atoms with Crippen LogP contribution in [0.3, 0.4) is 0 Å². The number of hydrogen-bond acceptors (Lipinski definition) is 5. The van der Waals surface area contributed by atoms with Gasteiger partial charge in [-0.15, -0.1) is 0 Å². The highest BCUT2D eigenvalue weighted by molar-refractivity contribution is 5.95. The summed E-state index contributed by atoms with van der Waals surface area (Å²) in [5, 5.41) is 12.1. The summed E-state index contributed by atoms with van der Waals surface area (Å²) in [5.41, 5.74) is 7.83. The summed E-state index contributed by atoms with van der Waals surface area (Å²) in [6.45, 7) is 0. The Hall–Kier alpha value is -2.15. The van der Waals surface area contributed by atoms with Gasteiger partial charge in [-0.3, -0.25) is 20.3 Å². The molecular formula is C9H12N4O3. The van der Waals surface area contributed by atoms with E-state index in [1.54, 1.807) is 14.1 Å². The van der Waals surface area contributed by atoms with Crippen LogP contribution in [0.4, 0.5) is 11.4 Å². The third-order valence-corrected chi connectivity index (χ3v) is 1.81. The largest absolute Gasteiger partial charge is 0.393 e. The van der Waals surface area contributed by atoms with Crippen LogP contribution in [0.5, 0.6) is 0 Å². The molecule has 0 spiro atoms. The van der Waals surface area contributed by atoms with Crippen LogP contribution >= 0.6 is 0 Å². The fraction of sp³-hybridized carbons (Fsp3) is 0.222. The van der Waals surface area contributed by atoms with E-state index in [2.05, 4.69) is 5.43 Å². The van der Waals surface area contributed by atoms with Gasteiger partial charge in [-0.25, -0.2) is 5.01 Å². The second-order valence-electron chi connectivity index (χ2n) is 3.37. The van der Waals surface area contributed by atoms with Crippen molar-refractivity contribution in [2.75, 3.05) is 19.8 Å². The van der Waals surface area contributed by atoms with E-state index < -0.39 is 10.8 Å². The van der Waals surface area contributed by atoms with Crippen molar-refractivity contribution >= 4 is 17.3 Å². The van der Waals surface area contributed by atoms with Gasteiger partial charge in [0.1, 0.15) is 5.69 Å². The van der Waals surface area contributed by atoms with Gasteiger partial charge in [0, 0.05) is 25.7 Å². The number of nitro benzene ring substituents is 1. The zero-order valence-corrected chi connectivity index (χ0v) is 8.93. The molecule has 0 aliphatic heterocycles. The van der Waals surface area contributed by atoms with Crippen molar-refractivity contribution in [1.29, 1.82) is 0 Å². The summed E-state index contributed by atoms with van der Waals surface area (Å²) in [5.74, 6) is -0.423. The monoisotopic (exact) mass is 224 g/mol. The molecule has 0 bridgehead atoms. The van der Waals surface area contributed by atoms with Crippen molar-refractivity contribution in [3.8, 4) is 0 Å². The molecule has 1 aromatic rings. The van der Waals surface area contributed by atoms with Gasteiger partial charge in [0.25, 0.3) is 11.6 Å². The van der Waals surface area contributed by atoms with E-state index in [1.165, 1.54) is 17.1 Å². The van der Waals surface area contributed by atoms with E-state index >= 15 is 0 Å². The molecule has 0 saturated carbocycles. The maximum Gasteiger partial charge on any atom is 0.292 e. The summed E-state index contributed by atoms with van der Waals surface area (Å²) in [6.07, 6.45) is 0. The van der Waals surface area contributed by atoms with Crippen molar-refractivity contribution in [3.63, 3.8) is 0 Å². The third kappa shape index (κ3) is 2.67. The molecule has 0 fully saturated rings. The minimum atomic E-state index is -0.623. The smallest absolute Gasteiger partial charge is 0.292 e. The van der Waals surface area contributed by atoms with E-state index in [9.17, 15) is 14.9 Å². The van der Waals surface area contributed by atoms with Crippen LogP contribution in [-0.2, 0) is 0 Å². The Bertz CT molecular complexity index is 431. The number of nitrogen functional groups attached to an aromatic ring is 1. The summed E-state index contributed by atoms with van der Waals surface area (Å²) in [4.78, 5) is 21.5. The van der Waals surface area contributed by atoms with Crippen LogP contribution in [0.1, 0.15) is 10.4 Å². The number of hydrazine groups is 1. The molecule has 0 radical (unpaired) electrons. The number of nitrogens with two attached hydrogens (primary N) is 1. The van der Waals surface area contributed by atoms with Gasteiger partial charge >= 0.3 is 0 Å². The number of carbonyl (C=O) groups is 1. The van der Waals surface area contributed by atoms with Crippen LogP contribution in [0, 0.1) is 10.1 Å². The zero-order valence-electron chi connectivity index (χ0n) is 8.93. The van der Waals surface area contributed by atoms with Crippen molar-refractivity contribution in [2.24, 2.45) is 0 Å². The Balaban J connectivity index is 3.03. The van der Waals surface area contributed by atoms with E-state index in [1.807, 2.05) is 0 Å². The standard InChI is InChI=1S/C9H12N4O3/c1-12(2)11-9(14)6-3-4-7(10)8(5-6)13(15)16/h3-5H,10H2,1-2H3,(H,11,14). The highest BCUT2D eigenvalue weighted by Gasteiger charge is 2.15. The lowest BCUT2D eigenvalue weighted by Crippen LogP contribution is -2.36. The van der Waals surface area contributed by atoms with Gasteiger partial charge < -0.3 is 5.73 Å². The van der Waals surface area contributed by atoms with Crippen LogP contribution < -0.4 is 11.2 Å². The molecule has 0 atom stereocenters. The number of carbonyl (C=O) groups excluding carboxylic acids is 1. The zero-order chi connectivity index (χ0) is 12.3. The molecule has 7 nitrogen and oxygen atoms in total. The van der Waals surface area contributed by atoms with Gasteiger partial charge in [0.15, 0.2) is 0 Å². The minimum absolute atomic E-state index is 0.0337. The van der Waals surface area contributed by atoms with Gasteiger partial charge in [-0.05, 0) is 12.1 Å². The molecule has 7 heteroatoms. The number of benzene rings is 1. The topological polar surface area (TPSA) is 102 Å². The summed E-state index contributed by atoms with van der Waals surface area (Å²) >= 11 is 0. The Morgan fingerprint density at radius 3 is 2.62 bits per heavy atom. The lowest BCUT2D eigenvalue weighted by atomic mass is 10.1. The highest BCUT2D eigenvalue weighted by atomic mass is 16.6. The molecule has 0 heterocycles. The fourth-order valence-electron chi connectivity index (χ4n) is 1.11. The lowest BCUT2D eigenvalue weighted by molar-refractivity contribution is -0.383. The van der Waals surface area contributed by atoms with Crippen molar-refractivity contribution in [3.05, 3.63) is 33.9 Å². The van der Waals surface area contributed by atoms with Crippen LogP contribution in [0.2, 0.25) is 0 Å². The summed E-state index contributed by atoms with van der Waals surface area (Å²) in [7, 11) is 3.28. The van der Waals surface area contributed by atoms with Crippen molar-refractivity contribution in [2.45, 2.75) is 0 Å². The number of hydrogen-bond donors (Lipinski definition) is 2. The number of nitro groups is 1. The average Bonchev–Trinajstić information content (AvgIpc) is 2.16. The average molecular weight is 224 g/mol. The van der Waals surface area contributed by atoms with Gasteiger partial charge in [-0.2, -0.15) is 0 Å². The first-order valence-electron chi connectivity index (χ1n) is 4.44. The lowest BCUT2D eigenvalue weighted by Gasteiger charge is -2.11. The maximum atomic E-state index is 11.5. The molecule has 86 valence electrons. The molecule has 0 aromatic heterocycles. The minimum Gasteiger partial charge on any atom is -0.393 e. The second-order valence-corrected chi connectivity index (χ2v) is 3.37. The molecule has 16 heavy (non-hydrogen) atoms. The number of nitrogens with zero attached hydrogens (tertiary/aromatic N) is 2. The molecule has 0 aliphatic carbocycles. The van der Waals surface area contributed by atoms with E-state index in [-0.39, 0.29) is 16.9 Å². The SMILES string of the molecule is CN(C)NC(=O)c1ccc(N)c([N+](=O)[O-])c1. The Labute approximate surface area is 92.0 Å². The molecule has 0 aliphatic rings. The Morgan fingerprint density at radius 2 is 2.12 bits per heavy atom. The first-order chi connectivity index (χ1) is 7.41. The summed E-state index contributed by atoms with van der Waals surface area (Å²) < 4.78 is 0. The molecule has 3 N–H and O–H groups in total. The van der Waals surface area contributed by atoms with Crippen LogP contribution in [0.25, 0.3) is 0 Å². The first kappa shape index (κ1) is 11.9. The highest BCUT2D eigenvalue weighted by Crippen LogP contribution is 2.22. The number of amides is 1. The van der Waals surface area contributed by atoms with Crippen LogP contribution in [0.15, 0.2) is 18.2 Å². The molecule has 0 saturated heterocycles. The van der Waals surface area contributed by atoms with E-state index in [0.717, 1.165) is 6.07 Å². The van der Waals surface area contributed by atoms with Gasteiger partial charge in [0.2, 0.25) is 0 Å². The molecule has 1 amide bonds. The summed E-state index contributed by atoms with van der Waals surface area (Å²) in [6, 6.07) is 3.91. The normalized spacial score (nSPS) is 10.2. The van der Waals surface area contributed by atoms with Crippen molar-refractivity contribution < 1.29 is 9.72 Å². The first-order valence-corrected chi connectivity index (χ1v) is 4.44. The van der Waals surface area contributed by atoms with Gasteiger partial charge in [0.05, 0.1) is 4.92 Å².